The van der Waals surface area contributed by atoms with Crippen LogP contribution in [0.5, 0.6) is 0 Å². The van der Waals surface area contributed by atoms with Crippen LogP contribution in [0, 0.1) is 0 Å². The van der Waals surface area contributed by atoms with Crippen molar-refractivity contribution in [3.8, 4) is 0 Å². The average Bonchev–Trinajstić information content (AvgIpc) is 1.87. The fraction of sp³-hybridized carbons (Fsp3) is 1.00. The molecule has 1 heterocycles. The Balaban J connectivity index is 0.000000490. The van der Waals surface area contributed by atoms with Gasteiger partial charge in [-0.15, -0.1) is 0 Å². The molecule has 0 aromatic carbocycles. The zero-order valence-electron chi connectivity index (χ0n) is 4.59. The van der Waals surface area contributed by atoms with E-state index in [9.17, 15) is 0 Å². The quantitative estimate of drug-likeness (QED) is 0.421. The Bertz CT molecular complexity index is 61.4. The number of hydrogen-bond acceptors (Lipinski definition) is 2. The van der Waals surface area contributed by atoms with Gasteiger partial charge in [0.15, 0.2) is 0 Å². The number of aliphatic hydroxyl groups is 1. The molecule has 1 N–H and O–H groups in total. The average molecular weight is 125 g/mol. The van der Waals surface area contributed by atoms with Gasteiger partial charge in [-0.05, 0) is 13.5 Å². The van der Waals surface area contributed by atoms with Crippen LogP contribution in [0.2, 0.25) is 0 Å². The molecule has 0 aromatic heterocycles. The van der Waals surface area contributed by atoms with Crippen LogP contribution >= 0.6 is 0 Å². The van der Waals surface area contributed by atoms with Gasteiger partial charge in [-0.25, -0.2) is 0 Å². The Hall–Kier alpha value is 0.920. The maximum absolute atomic E-state index is 8.86. The molecule has 3 heteroatoms. The molecule has 1 aliphatic rings. The van der Waals surface area contributed by atoms with Crippen LogP contribution in [0.3, 0.4) is 0 Å². The molecule has 0 saturated carbocycles. The number of likely N-dealkylation sites (tertiary alicyclic amines) is 1. The van der Waals surface area contributed by atoms with Gasteiger partial charge in [-0.2, -0.15) is 0 Å². The first-order valence-electron chi connectivity index (χ1n) is 2.65. The van der Waals surface area contributed by atoms with Gasteiger partial charge >= 0.3 is 29.6 Å². The first-order chi connectivity index (χ1) is 3.29. The summed E-state index contributed by atoms with van der Waals surface area (Å²) in [6, 6.07) is 0. The van der Waals surface area contributed by atoms with Crippen molar-refractivity contribution < 1.29 is 5.11 Å². The van der Waals surface area contributed by atoms with E-state index in [0.717, 1.165) is 19.5 Å². The van der Waals surface area contributed by atoms with Crippen LogP contribution in [0.15, 0.2) is 0 Å². The van der Waals surface area contributed by atoms with Gasteiger partial charge in [0.05, 0.1) is 6.10 Å². The van der Waals surface area contributed by atoms with Crippen molar-refractivity contribution >= 4 is 29.6 Å². The molecule has 8 heavy (non-hydrogen) atoms. The van der Waals surface area contributed by atoms with Crippen molar-refractivity contribution in [2.45, 2.75) is 12.5 Å². The molecular weight excluding hydrogens is 113 g/mol. The zero-order valence-corrected chi connectivity index (χ0v) is 4.59. The van der Waals surface area contributed by atoms with Crippen LogP contribution in [-0.2, 0) is 0 Å². The summed E-state index contributed by atoms with van der Waals surface area (Å²) in [5, 5.41) is 8.86. The topological polar surface area (TPSA) is 23.5 Å². The molecule has 1 rings (SSSR count). The Morgan fingerprint density at radius 2 is 2.25 bits per heavy atom. The van der Waals surface area contributed by atoms with Gasteiger partial charge < -0.3 is 10.0 Å². The van der Waals surface area contributed by atoms with E-state index in [1.807, 2.05) is 7.05 Å². The van der Waals surface area contributed by atoms with Gasteiger partial charge in [-0.1, -0.05) is 0 Å². The first-order valence-corrected chi connectivity index (χ1v) is 2.65. The Morgan fingerprint density at radius 3 is 2.38 bits per heavy atom. The number of aliphatic hydroxyl groups excluding tert-OH is 1. The molecule has 1 saturated heterocycles. The van der Waals surface area contributed by atoms with Gasteiger partial charge in [0, 0.05) is 13.1 Å². The minimum absolute atomic E-state index is 0. The Kier molecular flexibility index (Phi) is 4.30. The van der Waals surface area contributed by atoms with E-state index in [1.54, 1.807) is 0 Å². The van der Waals surface area contributed by atoms with Crippen molar-refractivity contribution in [2.75, 3.05) is 20.1 Å². The molecule has 1 aliphatic heterocycles. The van der Waals surface area contributed by atoms with Gasteiger partial charge in [0.25, 0.3) is 0 Å². The summed E-state index contributed by atoms with van der Waals surface area (Å²) in [6.07, 6.45) is 0.904. The molecule has 0 spiro atoms. The molecule has 2 nitrogen and oxygen atoms in total. The molecule has 0 radical (unpaired) electrons. The normalized spacial score (nSPS) is 30.0. The fourth-order valence-electron chi connectivity index (χ4n) is 0.912. The molecule has 0 aromatic rings. The van der Waals surface area contributed by atoms with E-state index in [-0.39, 0.29) is 35.7 Å². The van der Waals surface area contributed by atoms with Crippen LogP contribution in [-0.4, -0.2) is 65.8 Å². The maximum atomic E-state index is 8.86. The van der Waals surface area contributed by atoms with Gasteiger partial charge in [0.2, 0.25) is 0 Å². The summed E-state index contributed by atoms with van der Waals surface area (Å²) >= 11 is 0. The number of nitrogens with zero attached hydrogens (tertiary/aromatic N) is 1. The molecule has 0 bridgehead atoms. The first kappa shape index (κ1) is 8.92. The summed E-state index contributed by atoms with van der Waals surface area (Å²) in [7, 11) is 2.02. The molecule has 1 fully saturated rings. The van der Waals surface area contributed by atoms with E-state index < -0.39 is 0 Å². The summed E-state index contributed by atoms with van der Waals surface area (Å²) in [6.45, 7) is 1.92. The molecular formula is C5H12NNaO. The third kappa shape index (κ3) is 2.46. The second-order valence-electron chi connectivity index (χ2n) is 2.20. The summed E-state index contributed by atoms with van der Waals surface area (Å²) in [5.74, 6) is 0. The van der Waals surface area contributed by atoms with E-state index >= 15 is 0 Å². The standard InChI is InChI=1S/C5H11NO.Na.H/c1-6-3-2-5(7)4-6;;/h5,7H,2-4H2,1H3;;. The molecule has 1 atom stereocenters. The monoisotopic (exact) mass is 125 g/mol. The van der Waals surface area contributed by atoms with E-state index in [2.05, 4.69) is 4.90 Å². The van der Waals surface area contributed by atoms with Gasteiger partial charge in [-0.3, -0.25) is 0 Å². The van der Waals surface area contributed by atoms with Crippen molar-refractivity contribution in [2.24, 2.45) is 0 Å². The minimum atomic E-state index is -0.0509. The van der Waals surface area contributed by atoms with Crippen LogP contribution in [0.4, 0.5) is 0 Å². The second kappa shape index (κ2) is 3.85. The Labute approximate surface area is 72.2 Å². The van der Waals surface area contributed by atoms with Crippen LogP contribution < -0.4 is 0 Å². The van der Waals surface area contributed by atoms with Crippen molar-refractivity contribution in [1.82, 2.24) is 4.90 Å². The number of likely N-dealkylation sites (N-methyl/N-ethyl adjacent to an activating group) is 1. The molecule has 0 aliphatic carbocycles. The predicted octanol–water partition coefficient (Wildman–Crippen LogP) is -0.966. The van der Waals surface area contributed by atoms with Crippen LogP contribution in [0.1, 0.15) is 6.42 Å². The number of hydrogen-bond donors (Lipinski definition) is 1. The van der Waals surface area contributed by atoms with Crippen LogP contribution in [0.25, 0.3) is 0 Å². The Morgan fingerprint density at radius 1 is 1.62 bits per heavy atom. The summed E-state index contributed by atoms with van der Waals surface area (Å²) in [4.78, 5) is 2.13. The van der Waals surface area contributed by atoms with Gasteiger partial charge in [0.1, 0.15) is 0 Å². The SMILES string of the molecule is CN1CCC(O)C1.[NaH]. The zero-order chi connectivity index (χ0) is 5.28. The summed E-state index contributed by atoms with van der Waals surface area (Å²) < 4.78 is 0. The fourth-order valence-corrected chi connectivity index (χ4v) is 0.912. The third-order valence-electron chi connectivity index (χ3n) is 1.37. The van der Waals surface area contributed by atoms with Crippen molar-refractivity contribution in [3.63, 3.8) is 0 Å². The van der Waals surface area contributed by atoms with E-state index in [4.69, 9.17) is 5.11 Å². The number of β-amino-alcohol motifs (C(OH)–C–C–N with tert-alkyl or cyclic N) is 1. The molecule has 0 amide bonds. The molecule has 1 unspecified atom stereocenters. The van der Waals surface area contributed by atoms with E-state index in [1.165, 1.54) is 0 Å². The third-order valence-corrected chi connectivity index (χ3v) is 1.37. The van der Waals surface area contributed by atoms with Crippen molar-refractivity contribution in [1.29, 1.82) is 0 Å². The molecule has 44 valence electrons. The second-order valence-corrected chi connectivity index (χ2v) is 2.20. The predicted molar refractivity (Wildman–Crippen MR) is 35.3 cm³/mol. The summed E-state index contributed by atoms with van der Waals surface area (Å²) in [5.41, 5.74) is 0. The van der Waals surface area contributed by atoms with E-state index in [0.29, 0.717) is 0 Å². The number of rotatable bonds is 0. The van der Waals surface area contributed by atoms with Crippen molar-refractivity contribution in [3.05, 3.63) is 0 Å².